The van der Waals surface area contributed by atoms with E-state index in [1.54, 1.807) is 17.0 Å². The SMILES string of the molecule is CC(=NOCC(=O)N1CCC(c2nc(C3=NOC(c4ccccc4C#N)C3)cs2)CC1)C(F)(F)F. The maximum absolute atomic E-state index is 12.4. The highest BCUT2D eigenvalue weighted by Gasteiger charge is 2.33. The number of halogens is 3. The van der Waals surface area contributed by atoms with Crippen LogP contribution >= 0.6 is 11.3 Å². The number of rotatable bonds is 6. The number of nitriles is 1. The molecule has 1 fully saturated rings. The van der Waals surface area contributed by atoms with E-state index in [2.05, 4.69) is 21.2 Å². The third-order valence-electron chi connectivity index (χ3n) is 5.91. The summed E-state index contributed by atoms with van der Waals surface area (Å²) >= 11 is 1.52. The van der Waals surface area contributed by atoms with Gasteiger partial charge in [0.25, 0.3) is 5.91 Å². The first-order chi connectivity index (χ1) is 16.8. The van der Waals surface area contributed by atoms with E-state index in [1.165, 1.54) is 11.3 Å². The number of thiazole rings is 1. The Kier molecular flexibility index (Phi) is 7.35. The van der Waals surface area contributed by atoms with Crippen molar-refractivity contribution in [2.24, 2.45) is 10.3 Å². The Morgan fingerprint density at radius 2 is 2.09 bits per heavy atom. The number of piperidine rings is 1. The Morgan fingerprint density at radius 3 is 2.80 bits per heavy atom. The molecule has 0 spiro atoms. The minimum Gasteiger partial charge on any atom is -0.387 e. The summed E-state index contributed by atoms with van der Waals surface area (Å²) in [4.78, 5) is 28.7. The quantitative estimate of drug-likeness (QED) is 0.424. The number of hydrogen-bond donors (Lipinski definition) is 0. The second-order valence-corrected chi connectivity index (χ2v) is 9.10. The van der Waals surface area contributed by atoms with Crippen LogP contribution < -0.4 is 0 Å². The van der Waals surface area contributed by atoms with Crippen LogP contribution in [0.4, 0.5) is 13.2 Å². The monoisotopic (exact) mass is 505 g/mol. The molecule has 12 heteroatoms. The van der Waals surface area contributed by atoms with Crippen LogP contribution in [0.1, 0.15) is 60.0 Å². The van der Waals surface area contributed by atoms with Crippen molar-refractivity contribution in [3.05, 3.63) is 51.5 Å². The van der Waals surface area contributed by atoms with Gasteiger partial charge < -0.3 is 14.6 Å². The third-order valence-corrected chi connectivity index (χ3v) is 6.92. The van der Waals surface area contributed by atoms with Crippen molar-refractivity contribution >= 4 is 28.7 Å². The predicted octanol–water partition coefficient (Wildman–Crippen LogP) is 4.54. The highest BCUT2D eigenvalue weighted by molar-refractivity contribution is 7.10. The number of alkyl halides is 3. The molecule has 1 amide bonds. The zero-order valence-electron chi connectivity index (χ0n) is 18.8. The number of amides is 1. The van der Waals surface area contributed by atoms with Crippen LogP contribution in [0.2, 0.25) is 0 Å². The Balaban J connectivity index is 1.28. The number of benzene rings is 1. The molecule has 2 aliphatic heterocycles. The first-order valence-electron chi connectivity index (χ1n) is 10.9. The second-order valence-electron chi connectivity index (χ2n) is 8.21. The normalized spacial score (nSPS) is 19.2. The maximum atomic E-state index is 12.4. The summed E-state index contributed by atoms with van der Waals surface area (Å²) in [5, 5.41) is 19.4. The third kappa shape index (κ3) is 5.79. The molecule has 0 aliphatic carbocycles. The van der Waals surface area contributed by atoms with Crippen molar-refractivity contribution < 1.29 is 27.6 Å². The zero-order valence-corrected chi connectivity index (χ0v) is 19.6. The lowest BCUT2D eigenvalue weighted by Crippen LogP contribution is -2.39. The van der Waals surface area contributed by atoms with E-state index in [9.17, 15) is 23.2 Å². The van der Waals surface area contributed by atoms with Gasteiger partial charge in [0.15, 0.2) is 18.4 Å². The number of carbonyl (C=O) groups excluding carboxylic acids is 1. The molecule has 2 aliphatic rings. The summed E-state index contributed by atoms with van der Waals surface area (Å²) in [7, 11) is 0. The van der Waals surface area contributed by atoms with Crippen LogP contribution in [-0.2, 0) is 14.5 Å². The maximum Gasteiger partial charge on any atom is 0.432 e. The van der Waals surface area contributed by atoms with E-state index in [0.29, 0.717) is 37.9 Å². The first kappa shape index (κ1) is 24.7. The van der Waals surface area contributed by atoms with Crippen molar-refractivity contribution in [2.45, 2.75) is 44.4 Å². The fraction of sp³-hybridized carbons (Fsp3) is 0.435. The molecule has 0 saturated carbocycles. The summed E-state index contributed by atoms with van der Waals surface area (Å²) in [5.74, 6) is -0.231. The molecule has 1 aromatic carbocycles. The lowest BCUT2D eigenvalue weighted by Gasteiger charge is -2.30. The van der Waals surface area contributed by atoms with E-state index >= 15 is 0 Å². The summed E-state index contributed by atoms with van der Waals surface area (Å²) in [6.45, 7) is 1.17. The van der Waals surface area contributed by atoms with Gasteiger partial charge in [-0.1, -0.05) is 28.5 Å². The van der Waals surface area contributed by atoms with Gasteiger partial charge in [-0.15, -0.1) is 11.3 Å². The Hall–Kier alpha value is -3.46. The molecule has 1 aromatic heterocycles. The molecule has 1 saturated heterocycles. The van der Waals surface area contributed by atoms with E-state index in [0.717, 1.165) is 28.9 Å². The van der Waals surface area contributed by atoms with Crippen molar-refractivity contribution in [1.29, 1.82) is 5.26 Å². The largest absolute Gasteiger partial charge is 0.432 e. The molecule has 3 heterocycles. The highest BCUT2D eigenvalue weighted by atomic mass is 32.1. The van der Waals surface area contributed by atoms with Gasteiger partial charge >= 0.3 is 6.18 Å². The Labute approximate surface area is 203 Å². The standard InChI is InChI=1S/C23H22F3N5O3S/c1-14(23(24,25)26)29-33-12-21(32)31-8-6-15(7-9-31)22-28-19(13-35-22)18-10-20(34-30-18)17-5-3-2-4-16(17)11-27/h2-5,13,15,20H,6-10,12H2,1H3. The smallest absolute Gasteiger partial charge is 0.387 e. The van der Waals surface area contributed by atoms with Crippen LogP contribution in [0.3, 0.4) is 0 Å². The van der Waals surface area contributed by atoms with Gasteiger partial charge in [0.1, 0.15) is 5.71 Å². The van der Waals surface area contributed by atoms with Crippen LogP contribution in [0.5, 0.6) is 0 Å². The molecule has 1 unspecified atom stereocenters. The van der Waals surface area contributed by atoms with Gasteiger partial charge in [0.05, 0.1) is 22.3 Å². The summed E-state index contributed by atoms with van der Waals surface area (Å²) in [6, 6.07) is 9.45. The molecule has 8 nitrogen and oxygen atoms in total. The van der Waals surface area contributed by atoms with Gasteiger partial charge in [0, 0.05) is 36.4 Å². The average molecular weight is 506 g/mol. The van der Waals surface area contributed by atoms with Gasteiger partial charge in [-0.2, -0.15) is 18.4 Å². The van der Waals surface area contributed by atoms with Gasteiger partial charge in [0.2, 0.25) is 0 Å². The zero-order chi connectivity index (χ0) is 25.0. The molecule has 0 radical (unpaired) electrons. The molecule has 35 heavy (non-hydrogen) atoms. The Bertz CT molecular complexity index is 1180. The minimum atomic E-state index is -4.58. The van der Waals surface area contributed by atoms with Crippen molar-refractivity contribution in [3.8, 4) is 6.07 Å². The van der Waals surface area contributed by atoms with E-state index in [4.69, 9.17) is 9.82 Å². The summed E-state index contributed by atoms with van der Waals surface area (Å²) in [5.41, 5.74) is 1.68. The fourth-order valence-electron chi connectivity index (χ4n) is 3.89. The number of carbonyl (C=O) groups is 1. The van der Waals surface area contributed by atoms with Gasteiger partial charge in [-0.25, -0.2) is 4.98 Å². The topological polar surface area (TPSA) is 100 Å². The van der Waals surface area contributed by atoms with Crippen molar-refractivity contribution in [2.75, 3.05) is 19.7 Å². The molecule has 0 bridgehead atoms. The van der Waals surface area contributed by atoms with E-state index < -0.39 is 24.4 Å². The van der Waals surface area contributed by atoms with E-state index in [-0.39, 0.29) is 12.0 Å². The average Bonchev–Trinajstić information content (AvgIpc) is 3.53. The number of hydrogen-bond acceptors (Lipinski definition) is 8. The molecule has 1 atom stereocenters. The molecule has 2 aromatic rings. The van der Waals surface area contributed by atoms with Crippen LogP contribution in [0, 0.1) is 11.3 Å². The van der Waals surface area contributed by atoms with Gasteiger partial charge in [-0.3, -0.25) is 4.79 Å². The van der Waals surface area contributed by atoms with Crippen molar-refractivity contribution in [1.82, 2.24) is 9.88 Å². The van der Waals surface area contributed by atoms with Crippen LogP contribution in [0.15, 0.2) is 40.0 Å². The highest BCUT2D eigenvalue weighted by Crippen LogP contribution is 2.34. The number of aromatic nitrogens is 1. The first-order valence-corrected chi connectivity index (χ1v) is 11.8. The summed E-state index contributed by atoms with van der Waals surface area (Å²) < 4.78 is 37.3. The van der Waals surface area contributed by atoms with Crippen LogP contribution in [0.25, 0.3) is 0 Å². The minimum absolute atomic E-state index is 0.169. The predicted molar refractivity (Wildman–Crippen MR) is 122 cm³/mol. The van der Waals surface area contributed by atoms with Gasteiger partial charge in [-0.05, 0) is 25.8 Å². The molecule has 0 N–H and O–H groups in total. The van der Waals surface area contributed by atoms with Crippen LogP contribution in [-0.4, -0.2) is 53.1 Å². The lowest BCUT2D eigenvalue weighted by atomic mass is 9.97. The lowest BCUT2D eigenvalue weighted by molar-refractivity contribution is -0.137. The number of nitrogens with zero attached hydrogens (tertiary/aromatic N) is 5. The molecular weight excluding hydrogens is 483 g/mol. The molecule has 184 valence electrons. The van der Waals surface area contributed by atoms with Crippen molar-refractivity contribution in [3.63, 3.8) is 0 Å². The molecular formula is C23H22F3N5O3S. The summed E-state index contributed by atoms with van der Waals surface area (Å²) in [6.07, 6.45) is -3.01. The van der Waals surface area contributed by atoms with E-state index in [1.807, 2.05) is 17.5 Å². The number of likely N-dealkylation sites (tertiary alicyclic amines) is 1. The Morgan fingerprint density at radius 1 is 1.34 bits per heavy atom. The molecule has 4 rings (SSSR count). The number of oxime groups is 2. The second kappa shape index (κ2) is 10.4. The fourth-order valence-corrected chi connectivity index (χ4v) is 4.89.